The Morgan fingerprint density at radius 2 is 2.26 bits per heavy atom. The lowest BCUT2D eigenvalue weighted by Gasteiger charge is -2.03. The van der Waals surface area contributed by atoms with Gasteiger partial charge < -0.3 is 9.26 Å². The van der Waals surface area contributed by atoms with Gasteiger partial charge in [-0.25, -0.2) is 0 Å². The summed E-state index contributed by atoms with van der Waals surface area (Å²) in [5, 5.41) is 6.27. The van der Waals surface area contributed by atoms with Gasteiger partial charge in [0.15, 0.2) is 0 Å². The van der Waals surface area contributed by atoms with Crippen molar-refractivity contribution in [3.05, 3.63) is 65.9 Å². The van der Waals surface area contributed by atoms with Crippen LogP contribution in [-0.2, 0) is 0 Å². The van der Waals surface area contributed by atoms with Crippen LogP contribution >= 0.6 is 22.9 Å². The molecule has 1 aromatic carbocycles. The summed E-state index contributed by atoms with van der Waals surface area (Å²) in [6.07, 6.45) is 3.45. The van der Waals surface area contributed by atoms with Gasteiger partial charge in [-0.1, -0.05) is 47.6 Å². The minimum atomic E-state index is 0.285. The third kappa shape index (κ3) is 3.88. The largest absolute Gasteiger partial charge is 0.490 e. The summed E-state index contributed by atoms with van der Waals surface area (Å²) in [6.45, 7) is 4.08. The second kappa shape index (κ2) is 7.26. The van der Waals surface area contributed by atoms with Gasteiger partial charge in [0.1, 0.15) is 17.4 Å². The minimum absolute atomic E-state index is 0.285. The number of ether oxygens (including phenoxy) is 1. The van der Waals surface area contributed by atoms with Gasteiger partial charge in [0, 0.05) is 0 Å². The molecule has 0 aliphatic rings. The van der Waals surface area contributed by atoms with Crippen molar-refractivity contribution in [2.24, 2.45) is 0 Å². The molecule has 0 fully saturated rings. The zero-order valence-electron chi connectivity index (χ0n) is 12.1. The van der Waals surface area contributed by atoms with Crippen LogP contribution in [-0.4, -0.2) is 16.7 Å². The number of nitrogens with zero attached hydrogens (tertiary/aromatic N) is 2. The number of thiophene rings is 1. The van der Waals surface area contributed by atoms with Crippen LogP contribution in [0.5, 0.6) is 5.75 Å². The molecule has 4 nitrogen and oxygen atoms in total. The SMILES string of the molecule is C=CCOc1cccc(/C=C(\Cl)c2nc(-c3cccs3)no2)c1. The number of hydrogen-bond donors (Lipinski definition) is 0. The van der Waals surface area contributed by atoms with Crippen LogP contribution in [0.25, 0.3) is 21.8 Å². The molecule has 0 amide bonds. The Hall–Kier alpha value is -2.37. The van der Waals surface area contributed by atoms with E-state index >= 15 is 0 Å². The molecule has 3 aromatic rings. The Morgan fingerprint density at radius 3 is 3.04 bits per heavy atom. The lowest BCUT2D eigenvalue weighted by molar-refractivity contribution is 0.363. The normalized spacial score (nSPS) is 11.4. The number of hydrogen-bond acceptors (Lipinski definition) is 5. The maximum atomic E-state index is 6.28. The van der Waals surface area contributed by atoms with Crippen molar-refractivity contribution in [2.75, 3.05) is 6.61 Å². The van der Waals surface area contributed by atoms with E-state index in [0.717, 1.165) is 16.2 Å². The minimum Gasteiger partial charge on any atom is -0.490 e. The zero-order valence-corrected chi connectivity index (χ0v) is 13.7. The standard InChI is InChI=1S/C17H13ClN2O2S/c1-2-8-21-13-6-3-5-12(10-13)11-14(18)17-19-16(20-22-17)15-7-4-9-23-15/h2-7,9-11H,1,8H2/b14-11-. The molecule has 0 spiro atoms. The second-order valence-corrected chi connectivity index (χ2v) is 5.92. The number of benzene rings is 1. The van der Waals surface area contributed by atoms with E-state index in [1.165, 1.54) is 0 Å². The summed E-state index contributed by atoms with van der Waals surface area (Å²) in [7, 11) is 0. The van der Waals surface area contributed by atoms with Crippen molar-refractivity contribution in [1.82, 2.24) is 10.1 Å². The van der Waals surface area contributed by atoms with Gasteiger partial charge in [-0.3, -0.25) is 0 Å². The van der Waals surface area contributed by atoms with Gasteiger partial charge in [-0.15, -0.1) is 11.3 Å². The third-order valence-corrected chi connectivity index (χ3v) is 4.03. The predicted octanol–water partition coefficient (Wildman–Crippen LogP) is 5.10. The van der Waals surface area contributed by atoms with Gasteiger partial charge in [-0.2, -0.15) is 4.98 Å². The number of aromatic nitrogens is 2. The Labute approximate surface area is 142 Å². The Morgan fingerprint density at radius 1 is 1.35 bits per heavy atom. The van der Waals surface area contributed by atoms with E-state index < -0.39 is 0 Å². The van der Waals surface area contributed by atoms with Crippen molar-refractivity contribution in [2.45, 2.75) is 0 Å². The van der Waals surface area contributed by atoms with E-state index in [-0.39, 0.29) is 5.89 Å². The molecule has 0 atom stereocenters. The van der Waals surface area contributed by atoms with Crippen LogP contribution in [0.4, 0.5) is 0 Å². The molecule has 2 aromatic heterocycles. The van der Waals surface area contributed by atoms with Crippen LogP contribution in [0.1, 0.15) is 11.5 Å². The van der Waals surface area contributed by atoms with Crippen molar-refractivity contribution < 1.29 is 9.26 Å². The smallest absolute Gasteiger partial charge is 0.269 e. The molecule has 0 aliphatic heterocycles. The van der Waals surface area contributed by atoms with Gasteiger partial charge >= 0.3 is 0 Å². The van der Waals surface area contributed by atoms with Gasteiger partial charge in [0.2, 0.25) is 5.82 Å². The Kier molecular flexibility index (Phi) is 4.90. The van der Waals surface area contributed by atoms with E-state index in [2.05, 4.69) is 16.7 Å². The van der Waals surface area contributed by atoms with Crippen molar-refractivity contribution in [1.29, 1.82) is 0 Å². The first-order valence-electron chi connectivity index (χ1n) is 6.85. The fourth-order valence-corrected chi connectivity index (χ4v) is 2.74. The van der Waals surface area contributed by atoms with Gasteiger partial charge in [0.05, 0.1) is 4.88 Å². The highest BCUT2D eigenvalue weighted by molar-refractivity contribution is 7.13. The molecule has 2 heterocycles. The fourth-order valence-electron chi connectivity index (χ4n) is 1.88. The molecular formula is C17H13ClN2O2S. The van der Waals surface area contributed by atoms with E-state index in [4.69, 9.17) is 20.9 Å². The van der Waals surface area contributed by atoms with E-state index in [1.807, 2.05) is 41.8 Å². The molecule has 0 radical (unpaired) electrons. The van der Waals surface area contributed by atoms with Crippen molar-refractivity contribution >= 4 is 34.0 Å². The number of halogens is 1. The van der Waals surface area contributed by atoms with Crippen LogP contribution in [0.2, 0.25) is 0 Å². The second-order valence-electron chi connectivity index (χ2n) is 4.56. The first-order chi connectivity index (χ1) is 11.3. The monoisotopic (exact) mass is 344 g/mol. The van der Waals surface area contributed by atoms with E-state index in [0.29, 0.717) is 17.5 Å². The van der Waals surface area contributed by atoms with E-state index in [1.54, 1.807) is 23.5 Å². The average molecular weight is 345 g/mol. The molecule has 0 saturated heterocycles. The molecule has 0 N–H and O–H groups in total. The molecule has 0 bridgehead atoms. The van der Waals surface area contributed by atoms with Crippen LogP contribution in [0, 0.1) is 0 Å². The molecule has 0 saturated carbocycles. The first kappa shape index (κ1) is 15.5. The summed E-state index contributed by atoms with van der Waals surface area (Å²) < 4.78 is 10.7. The summed E-state index contributed by atoms with van der Waals surface area (Å²) in [5.41, 5.74) is 0.882. The zero-order chi connectivity index (χ0) is 16.1. The maximum absolute atomic E-state index is 6.28. The molecule has 116 valence electrons. The summed E-state index contributed by atoms with van der Waals surface area (Å²) in [5.74, 6) is 1.56. The first-order valence-corrected chi connectivity index (χ1v) is 8.11. The van der Waals surface area contributed by atoms with Crippen LogP contribution < -0.4 is 4.74 Å². The van der Waals surface area contributed by atoms with Crippen molar-refractivity contribution in [3.8, 4) is 16.5 Å². The number of rotatable bonds is 6. The average Bonchev–Trinajstić information content (AvgIpc) is 3.24. The molecule has 0 aliphatic carbocycles. The lowest BCUT2D eigenvalue weighted by Crippen LogP contribution is -1.92. The highest BCUT2D eigenvalue weighted by atomic mass is 35.5. The molecule has 23 heavy (non-hydrogen) atoms. The molecule has 3 rings (SSSR count). The van der Waals surface area contributed by atoms with Gasteiger partial charge in [0.25, 0.3) is 5.89 Å². The highest BCUT2D eigenvalue weighted by Crippen LogP contribution is 2.26. The molecule has 0 unspecified atom stereocenters. The van der Waals surface area contributed by atoms with Crippen LogP contribution in [0.15, 0.2) is 59.0 Å². The maximum Gasteiger partial charge on any atom is 0.269 e. The summed E-state index contributed by atoms with van der Waals surface area (Å²) in [6, 6.07) is 11.4. The molecule has 6 heteroatoms. The quantitative estimate of drug-likeness (QED) is 0.584. The molecular weight excluding hydrogens is 332 g/mol. The highest BCUT2D eigenvalue weighted by Gasteiger charge is 2.12. The Balaban J connectivity index is 1.81. The lowest BCUT2D eigenvalue weighted by atomic mass is 10.2. The fraction of sp³-hybridized carbons (Fsp3) is 0.0588. The topological polar surface area (TPSA) is 48.2 Å². The third-order valence-electron chi connectivity index (χ3n) is 2.89. The summed E-state index contributed by atoms with van der Waals surface area (Å²) >= 11 is 7.83. The van der Waals surface area contributed by atoms with Crippen molar-refractivity contribution in [3.63, 3.8) is 0 Å². The van der Waals surface area contributed by atoms with E-state index in [9.17, 15) is 0 Å². The predicted molar refractivity (Wildman–Crippen MR) is 93.5 cm³/mol. The van der Waals surface area contributed by atoms with Gasteiger partial charge in [-0.05, 0) is 35.2 Å². The summed E-state index contributed by atoms with van der Waals surface area (Å²) in [4.78, 5) is 5.24. The van der Waals surface area contributed by atoms with Crippen LogP contribution in [0.3, 0.4) is 0 Å². The Bertz CT molecular complexity index is 825.